The molecule has 4 atom stereocenters. The van der Waals surface area contributed by atoms with Gasteiger partial charge in [0.15, 0.2) is 9.84 Å². The van der Waals surface area contributed by atoms with Crippen LogP contribution in [0.1, 0.15) is 65.9 Å². The fourth-order valence-corrected chi connectivity index (χ4v) is 7.67. The minimum atomic E-state index is -4.52. The summed E-state index contributed by atoms with van der Waals surface area (Å²) >= 11 is 0. The molecular weight excluding hydrogens is 543 g/mol. The van der Waals surface area contributed by atoms with Crippen molar-refractivity contribution in [1.29, 1.82) is 0 Å². The van der Waals surface area contributed by atoms with Gasteiger partial charge in [0, 0.05) is 30.1 Å². The number of fused-ring (bicyclic) bond motifs is 1. The van der Waals surface area contributed by atoms with Gasteiger partial charge in [-0.15, -0.1) is 0 Å². The Morgan fingerprint density at radius 1 is 1.12 bits per heavy atom. The fourth-order valence-electron chi connectivity index (χ4n) is 6.33. The van der Waals surface area contributed by atoms with Crippen molar-refractivity contribution in [1.82, 2.24) is 19.8 Å². The van der Waals surface area contributed by atoms with E-state index in [4.69, 9.17) is 0 Å². The first kappa shape index (κ1) is 30.5. The first-order chi connectivity index (χ1) is 18.7. The van der Waals surface area contributed by atoms with Gasteiger partial charge < -0.3 is 10.2 Å². The van der Waals surface area contributed by atoms with E-state index in [1.165, 1.54) is 12.4 Å². The zero-order valence-corrected chi connectivity index (χ0v) is 24.6. The van der Waals surface area contributed by atoms with E-state index in [1.54, 1.807) is 18.7 Å². The normalized spacial score (nSPS) is 24.6. The lowest BCUT2D eigenvalue weighted by Crippen LogP contribution is -2.53. The number of halogens is 3. The maximum atomic E-state index is 13.7. The Labute approximate surface area is 234 Å². The second-order valence-electron chi connectivity index (χ2n) is 11.6. The van der Waals surface area contributed by atoms with Gasteiger partial charge in [-0.3, -0.25) is 9.69 Å². The molecule has 0 bridgehead atoms. The van der Waals surface area contributed by atoms with Gasteiger partial charge in [-0.25, -0.2) is 18.4 Å². The monoisotopic (exact) mass is 583 g/mol. The van der Waals surface area contributed by atoms with Crippen molar-refractivity contribution < 1.29 is 26.4 Å². The second kappa shape index (κ2) is 11.8. The number of hydrogen-bond acceptors (Lipinski definition) is 7. The van der Waals surface area contributed by atoms with Crippen LogP contribution in [-0.2, 0) is 20.8 Å². The molecule has 0 radical (unpaired) electrons. The van der Waals surface area contributed by atoms with Gasteiger partial charge in [0.05, 0.1) is 22.1 Å². The van der Waals surface area contributed by atoms with Crippen LogP contribution < -0.4 is 5.32 Å². The predicted molar refractivity (Wildman–Crippen MR) is 150 cm³/mol. The standard InChI is InChI=1S/C28H40F3N5O3S/c1-6-35(17(2)3)21-8-10-25(19(13-21)15-40(38,39)18(4)5)36-12-11-24(27(36)37)34-26-22-14-20(28(29,30)31)7-9-23(22)32-16-33-26/h7,9,14,16-19,21,24-25H,6,8,10-13,15H2,1-5H3,(H,32,33,34)/t19-,21+,24-,25-/m0/s1. The van der Waals surface area contributed by atoms with Crippen LogP contribution in [0.5, 0.6) is 0 Å². The number of nitrogens with zero attached hydrogens (tertiary/aromatic N) is 4. The summed E-state index contributed by atoms with van der Waals surface area (Å²) in [5.74, 6) is -0.171. The third-order valence-corrected chi connectivity index (χ3v) is 10.8. The lowest BCUT2D eigenvalue weighted by molar-refractivity contribution is -0.137. The number of amides is 1. The van der Waals surface area contributed by atoms with Crippen LogP contribution in [0, 0.1) is 5.92 Å². The van der Waals surface area contributed by atoms with Crippen molar-refractivity contribution in [2.75, 3.05) is 24.2 Å². The molecule has 8 nitrogen and oxygen atoms in total. The molecule has 1 amide bonds. The smallest absolute Gasteiger partial charge is 0.358 e. The van der Waals surface area contributed by atoms with E-state index in [-0.39, 0.29) is 40.9 Å². The van der Waals surface area contributed by atoms with Crippen LogP contribution in [0.4, 0.5) is 19.0 Å². The molecule has 1 saturated heterocycles. The molecule has 1 aliphatic carbocycles. The van der Waals surface area contributed by atoms with E-state index >= 15 is 0 Å². The van der Waals surface area contributed by atoms with Gasteiger partial charge in [-0.1, -0.05) is 6.92 Å². The molecule has 1 aliphatic heterocycles. The van der Waals surface area contributed by atoms with Crippen LogP contribution in [-0.4, -0.2) is 82.4 Å². The first-order valence-electron chi connectivity index (χ1n) is 14.1. The van der Waals surface area contributed by atoms with Crippen LogP contribution in [0.3, 0.4) is 0 Å². The largest absolute Gasteiger partial charge is 0.416 e. The molecule has 4 rings (SSSR count). The van der Waals surface area contributed by atoms with Crippen molar-refractivity contribution in [3.8, 4) is 0 Å². The Morgan fingerprint density at radius 2 is 1.85 bits per heavy atom. The molecule has 2 aliphatic rings. The number of nitrogens with one attached hydrogen (secondary N) is 1. The summed E-state index contributed by atoms with van der Waals surface area (Å²) in [6.45, 7) is 11.1. The molecule has 40 heavy (non-hydrogen) atoms. The quantitative estimate of drug-likeness (QED) is 0.455. The molecule has 1 N–H and O–H groups in total. The van der Waals surface area contributed by atoms with E-state index in [0.29, 0.717) is 37.4 Å². The Kier molecular flexibility index (Phi) is 8.99. The summed E-state index contributed by atoms with van der Waals surface area (Å²) in [5, 5.41) is 2.77. The second-order valence-corrected chi connectivity index (χ2v) is 14.2. The molecular formula is C28H40F3N5O3S. The maximum Gasteiger partial charge on any atom is 0.416 e. The molecule has 0 unspecified atom stereocenters. The molecule has 1 aromatic heterocycles. The molecule has 1 saturated carbocycles. The number of carbonyl (C=O) groups excluding carboxylic acids is 1. The highest BCUT2D eigenvalue weighted by molar-refractivity contribution is 7.91. The summed E-state index contributed by atoms with van der Waals surface area (Å²) in [4.78, 5) is 26.1. The zero-order valence-electron chi connectivity index (χ0n) is 23.8. The molecule has 222 valence electrons. The average Bonchev–Trinajstić information content (AvgIpc) is 3.23. The zero-order chi connectivity index (χ0) is 29.4. The van der Waals surface area contributed by atoms with Crippen LogP contribution in [0.15, 0.2) is 24.5 Å². The van der Waals surface area contributed by atoms with E-state index in [0.717, 1.165) is 25.1 Å². The van der Waals surface area contributed by atoms with Crippen molar-refractivity contribution in [2.45, 2.75) is 95.9 Å². The van der Waals surface area contributed by atoms with Crippen LogP contribution in [0.2, 0.25) is 0 Å². The highest BCUT2D eigenvalue weighted by Crippen LogP contribution is 2.37. The van der Waals surface area contributed by atoms with E-state index < -0.39 is 32.9 Å². The summed E-state index contributed by atoms with van der Waals surface area (Å²) in [6, 6.07) is 2.96. The molecule has 2 heterocycles. The minimum absolute atomic E-state index is 0.0279. The van der Waals surface area contributed by atoms with Crippen LogP contribution >= 0.6 is 0 Å². The summed E-state index contributed by atoms with van der Waals surface area (Å²) in [5.41, 5.74) is -0.471. The molecule has 1 aromatic carbocycles. The van der Waals surface area contributed by atoms with Gasteiger partial charge in [0.2, 0.25) is 5.91 Å². The predicted octanol–water partition coefficient (Wildman–Crippen LogP) is 4.75. The van der Waals surface area contributed by atoms with E-state index in [2.05, 4.69) is 41.0 Å². The summed E-state index contributed by atoms with van der Waals surface area (Å²) < 4.78 is 66.1. The number of hydrogen-bond donors (Lipinski definition) is 1. The van der Waals surface area contributed by atoms with Crippen molar-refractivity contribution in [2.24, 2.45) is 5.92 Å². The third kappa shape index (κ3) is 6.37. The highest BCUT2D eigenvalue weighted by Gasteiger charge is 2.44. The van der Waals surface area contributed by atoms with Crippen molar-refractivity contribution in [3.05, 3.63) is 30.1 Å². The lowest BCUT2D eigenvalue weighted by atomic mass is 9.80. The fraction of sp³-hybridized carbons (Fsp3) is 0.679. The molecule has 0 spiro atoms. The van der Waals surface area contributed by atoms with Gasteiger partial charge in [-0.2, -0.15) is 13.2 Å². The van der Waals surface area contributed by atoms with Crippen molar-refractivity contribution >= 4 is 32.5 Å². The summed E-state index contributed by atoms with van der Waals surface area (Å²) in [7, 11) is -3.34. The number of benzene rings is 1. The Bertz CT molecular complexity index is 1320. The Balaban J connectivity index is 1.57. The maximum absolute atomic E-state index is 13.7. The number of aromatic nitrogens is 2. The van der Waals surface area contributed by atoms with Crippen LogP contribution in [0.25, 0.3) is 10.9 Å². The average molecular weight is 584 g/mol. The van der Waals surface area contributed by atoms with E-state index in [1.807, 2.05) is 0 Å². The number of sulfone groups is 1. The summed E-state index contributed by atoms with van der Waals surface area (Å²) in [6.07, 6.45) is -0.545. The number of rotatable bonds is 9. The van der Waals surface area contributed by atoms with Gasteiger partial charge >= 0.3 is 6.18 Å². The Hall–Kier alpha value is -2.47. The third-order valence-electron chi connectivity index (χ3n) is 8.49. The number of anilines is 1. The number of likely N-dealkylation sites (tertiary alicyclic amines) is 1. The lowest BCUT2D eigenvalue weighted by Gasteiger charge is -2.45. The van der Waals surface area contributed by atoms with Crippen molar-refractivity contribution in [3.63, 3.8) is 0 Å². The minimum Gasteiger partial charge on any atom is -0.358 e. The number of alkyl halides is 3. The SMILES string of the molecule is CCN(C(C)C)[C@@H]1CC[C@H](N2CC[C@H](Nc3ncnc4ccc(C(F)(F)F)cc34)C2=O)[C@H](CS(=O)(=O)C(C)C)C1. The highest BCUT2D eigenvalue weighted by atomic mass is 32.2. The number of carbonyl (C=O) groups is 1. The molecule has 2 aromatic rings. The van der Waals surface area contributed by atoms with Gasteiger partial charge in [-0.05, 0) is 84.0 Å². The first-order valence-corrected chi connectivity index (χ1v) is 15.8. The topological polar surface area (TPSA) is 95.5 Å². The molecule has 12 heteroatoms. The molecule has 2 fully saturated rings. The Morgan fingerprint density at radius 3 is 2.48 bits per heavy atom. The van der Waals surface area contributed by atoms with E-state index in [9.17, 15) is 26.4 Å². The van der Waals surface area contributed by atoms with Gasteiger partial charge in [0.25, 0.3) is 0 Å². The van der Waals surface area contributed by atoms with Gasteiger partial charge in [0.1, 0.15) is 18.2 Å².